The average molecular weight is 205 g/mol. The van der Waals surface area contributed by atoms with Gasteiger partial charge in [-0.3, -0.25) is 0 Å². The summed E-state index contributed by atoms with van der Waals surface area (Å²) >= 11 is 0. The van der Waals surface area contributed by atoms with E-state index in [0.29, 0.717) is 0 Å². The quantitative estimate of drug-likeness (QED) is 0.414. The molecule has 0 atom stereocenters. The molecule has 0 aliphatic rings. The van der Waals surface area contributed by atoms with Crippen molar-refractivity contribution in [1.82, 2.24) is 0 Å². The van der Waals surface area contributed by atoms with E-state index in [1.54, 1.807) is 0 Å². The van der Waals surface area contributed by atoms with Crippen LogP contribution in [0.15, 0.2) is 0 Å². The Hall–Kier alpha value is 0.439. The van der Waals surface area contributed by atoms with Crippen molar-refractivity contribution in [3.05, 3.63) is 0 Å². The van der Waals surface area contributed by atoms with Crippen LogP contribution < -0.4 is 0 Å². The molecule has 0 rings (SSSR count). The molecule has 0 saturated carbocycles. The Morgan fingerprint density at radius 1 is 1.29 bits per heavy atom. The van der Waals surface area contributed by atoms with Crippen LogP contribution in [0.1, 0.15) is 0 Å². The van der Waals surface area contributed by atoms with E-state index in [1.165, 1.54) is 0 Å². The van der Waals surface area contributed by atoms with Crippen molar-refractivity contribution < 1.29 is 20.4 Å². The first-order valence-corrected chi connectivity index (χ1v) is 5.54. The summed E-state index contributed by atoms with van der Waals surface area (Å²) in [7, 11) is -1.10. The largest absolute Gasteiger partial charge is 0.135 e. The predicted molar refractivity (Wildman–Crippen MR) is 32.2 cm³/mol. The monoisotopic (exact) mass is 204 g/mol. The maximum Gasteiger partial charge on any atom is 0.128 e. The summed E-state index contributed by atoms with van der Waals surface area (Å²) in [5.41, 5.74) is 2.74. The van der Waals surface area contributed by atoms with Gasteiger partial charge in [0.1, 0.15) is 8.07 Å². The zero-order chi connectivity index (χ0) is 5.21. The molecule has 0 fully saturated rings. The van der Waals surface area contributed by atoms with Gasteiger partial charge in [0.05, 0.1) is 0 Å². The normalized spacial score (nSPS) is 8.86. The average Bonchev–Trinajstić information content (AvgIpc) is 1.35. The number of terminal acetylenes is 1. The van der Waals surface area contributed by atoms with Crippen LogP contribution in [-0.2, 0) is 20.4 Å². The fourth-order valence-corrected chi connectivity index (χ4v) is 0. The number of rotatable bonds is 0. The van der Waals surface area contributed by atoms with Gasteiger partial charge in [0.25, 0.3) is 0 Å². The minimum Gasteiger partial charge on any atom is -0.135 e. The van der Waals surface area contributed by atoms with Gasteiger partial charge in [-0.15, -0.1) is 12.0 Å². The van der Waals surface area contributed by atoms with Crippen molar-refractivity contribution in [2.45, 2.75) is 19.6 Å². The van der Waals surface area contributed by atoms with Gasteiger partial charge in [0.2, 0.25) is 0 Å². The molecule has 0 amide bonds. The summed E-state index contributed by atoms with van der Waals surface area (Å²) in [6.07, 6.45) is 5.12. The molecular formula is C5H10PdSi. The van der Waals surface area contributed by atoms with Crippen molar-refractivity contribution in [1.29, 1.82) is 0 Å². The molecule has 7 heavy (non-hydrogen) atoms. The number of hydrogen-bond donors (Lipinski definition) is 0. The molecule has 0 unspecified atom stereocenters. The van der Waals surface area contributed by atoms with Crippen molar-refractivity contribution in [3.8, 4) is 12.0 Å². The Bertz CT molecular complexity index is 75.1. The van der Waals surface area contributed by atoms with Crippen LogP contribution in [0, 0.1) is 12.0 Å². The summed E-state index contributed by atoms with van der Waals surface area (Å²) < 4.78 is 0. The molecule has 2 heteroatoms. The van der Waals surface area contributed by atoms with Crippen molar-refractivity contribution in [2.24, 2.45) is 0 Å². The van der Waals surface area contributed by atoms with E-state index in [-0.39, 0.29) is 20.4 Å². The van der Waals surface area contributed by atoms with E-state index in [4.69, 9.17) is 6.42 Å². The van der Waals surface area contributed by atoms with Gasteiger partial charge in [0, 0.05) is 20.4 Å². The van der Waals surface area contributed by atoms with Crippen LogP contribution in [-0.4, -0.2) is 8.07 Å². The maximum atomic E-state index is 5.12. The van der Waals surface area contributed by atoms with Crippen LogP contribution in [0.5, 0.6) is 0 Å². The van der Waals surface area contributed by atoms with Gasteiger partial charge < -0.3 is 0 Å². The summed E-state index contributed by atoms with van der Waals surface area (Å²) in [4.78, 5) is 0. The Labute approximate surface area is 60.4 Å². The fourth-order valence-electron chi connectivity index (χ4n) is 0. The van der Waals surface area contributed by atoms with Crippen molar-refractivity contribution in [3.63, 3.8) is 0 Å². The molecule has 0 heterocycles. The van der Waals surface area contributed by atoms with Crippen LogP contribution in [0.25, 0.3) is 0 Å². The van der Waals surface area contributed by atoms with E-state index in [0.717, 1.165) is 0 Å². The SMILES string of the molecule is C#C[Si](C)(C)C.[Pd]. The molecule has 0 bridgehead atoms. The van der Waals surface area contributed by atoms with E-state index < -0.39 is 8.07 Å². The Morgan fingerprint density at radius 2 is 1.43 bits per heavy atom. The molecule has 0 aromatic heterocycles. The summed E-state index contributed by atoms with van der Waals surface area (Å²) in [6.45, 7) is 6.44. The van der Waals surface area contributed by atoms with Crippen LogP contribution >= 0.6 is 0 Å². The van der Waals surface area contributed by atoms with Crippen LogP contribution in [0.3, 0.4) is 0 Å². The van der Waals surface area contributed by atoms with E-state index in [1.807, 2.05) is 0 Å². The minimum absolute atomic E-state index is 0. The fraction of sp³-hybridized carbons (Fsp3) is 0.600. The zero-order valence-corrected chi connectivity index (χ0v) is 7.45. The first kappa shape index (κ1) is 10.4. The summed E-state index contributed by atoms with van der Waals surface area (Å²) in [5, 5.41) is 0. The minimum atomic E-state index is -1.10. The Kier molecular flexibility index (Phi) is 5.13. The van der Waals surface area contributed by atoms with Gasteiger partial charge in [-0.05, 0) is 0 Å². The Morgan fingerprint density at radius 3 is 1.43 bits per heavy atom. The van der Waals surface area contributed by atoms with Crippen molar-refractivity contribution >= 4 is 8.07 Å². The van der Waals surface area contributed by atoms with Crippen LogP contribution in [0.4, 0.5) is 0 Å². The molecule has 0 saturated heterocycles. The molecule has 0 nitrogen and oxygen atoms in total. The standard InChI is InChI=1S/C5H10Si.Pd/c1-5-6(2,3)4;/h1H,2-4H3;. The van der Waals surface area contributed by atoms with Gasteiger partial charge in [0.15, 0.2) is 0 Å². The van der Waals surface area contributed by atoms with Crippen LogP contribution in [0.2, 0.25) is 19.6 Å². The van der Waals surface area contributed by atoms with E-state index in [9.17, 15) is 0 Å². The molecule has 0 radical (unpaired) electrons. The second-order valence-electron chi connectivity index (χ2n) is 2.39. The first-order chi connectivity index (χ1) is 2.56. The first-order valence-electron chi connectivity index (χ1n) is 2.04. The second-order valence-corrected chi connectivity index (χ2v) is 7.18. The van der Waals surface area contributed by atoms with Gasteiger partial charge >= 0.3 is 0 Å². The summed E-state index contributed by atoms with van der Waals surface area (Å²) in [6, 6.07) is 0. The maximum absolute atomic E-state index is 5.12. The molecular weight excluding hydrogens is 195 g/mol. The third-order valence-electron chi connectivity index (χ3n) is 0.433. The predicted octanol–water partition coefficient (Wildman–Crippen LogP) is 1.49. The zero-order valence-electron chi connectivity index (χ0n) is 4.89. The van der Waals surface area contributed by atoms with Gasteiger partial charge in [-0.1, -0.05) is 19.6 Å². The van der Waals surface area contributed by atoms with E-state index in [2.05, 4.69) is 25.2 Å². The molecule has 0 spiro atoms. The van der Waals surface area contributed by atoms with E-state index >= 15 is 0 Å². The van der Waals surface area contributed by atoms with Crippen molar-refractivity contribution in [2.75, 3.05) is 0 Å². The smallest absolute Gasteiger partial charge is 0.128 e. The molecule has 44 valence electrons. The third kappa shape index (κ3) is 10.7. The number of hydrogen-bond acceptors (Lipinski definition) is 0. The van der Waals surface area contributed by atoms with Gasteiger partial charge in [-0.2, -0.15) is 0 Å². The third-order valence-corrected chi connectivity index (χ3v) is 1.30. The molecule has 0 aliphatic heterocycles. The molecule has 0 aromatic rings. The second kappa shape index (κ2) is 3.44. The van der Waals surface area contributed by atoms with Gasteiger partial charge in [-0.25, -0.2) is 0 Å². The molecule has 0 aliphatic carbocycles. The topological polar surface area (TPSA) is 0 Å². The molecule has 0 aromatic carbocycles. The Balaban J connectivity index is 0. The molecule has 0 N–H and O–H groups in total. The summed E-state index contributed by atoms with van der Waals surface area (Å²) in [5.74, 6) is 0.